The molecular weight excluding hydrogens is 408 g/mol. The summed E-state index contributed by atoms with van der Waals surface area (Å²) in [6.07, 6.45) is 2.77. The van der Waals surface area contributed by atoms with Gasteiger partial charge in [0.25, 0.3) is 0 Å². The van der Waals surface area contributed by atoms with Crippen molar-refractivity contribution in [2.45, 2.75) is 39.3 Å². The van der Waals surface area contributed by atoms with Crippen LogP contribution in [0.3, 0.4) is 0 Å². The zero-order valence-corrected chi connectivity index (χ0v) is 18.5. The Hall–Kier alpha value is -4.04. The van der Waals surface area contributed by atoms with Crippen molar-refractivity contribution in [3.05, 3.63) is 59.4 Å². The second-order valence-electron chi connectivity index (χ2n) is 8.33. The highest BCUT2D eigenvalue weighted by molar-refractivity contribution is 5.89. The van der Waals surface area contributed by atoms with Crippen molar-refractivity contribution in [2.24, 2.45) is 5.41 Å². The Morgan fingerprint density at radius 3 is 2.19 bits per heavy atom. The van der Waals surface area contributed by atoms with Crippen LogP contribution >= 0.6 is 0 Å². The van der Waals surface area contributed by atoms with Crippen LogP contribution in [0.15, 0.2) is 42.7 Å². The Morgan fingerprint density at radius 2 is 1.66 bits per heavy atom. The summed E-state index contributed by atoms with van der Waals surface area (Å²) >= 11 is 0. The van der Waals surface area contributed by atoms with E-state index < -0.39 is 29.4 Å². The molecule has 1 aromatic heterocycles. The van der Waals surface area contributed by atoms with Gasteiger partial charge in [0.2, 0.25) is 11.8 Å². The van der Waals surface area contributed by atoms with Gasteiger partial charge in [0, 0.05) is 30.6 Å². The van der Waals surface area contributed by atoms with E-state index in [0.717, 1.165) is 0 Å². The van der Waals surface area contributed by atoms with Gasteiger partial charge in [-0.2, -0.15) is 5.26 Å². The van der Waals surface area contributed by atoms with Crippen LogP contribution < -0.4 is 10.6 Å². The molecule has 0 aliphatic rings. The molecule has 0 spiro atoms. The number of hydrogen-bond acceptors (Lipinski definition) is 4. The number of carboxylic acid groups (broad SMARTS) is 1. The first-order valence-corrected chi connectivity index (χ1v) is 9.98. The molecular formula is C24H26N4O4. The molecule has 0 bridgehead atoms. The maximum absolute atomic E-state index is 12.6. The lowest BCUT2D eigenvalue weighted by molar-refractivity contribution is -0.143. The SMILES string of the molecule is CNC(=O)[C@@H](NC(=O)C[C@H](C(=O)O)n1ccc(C#Cc2ccc(C#N)cc2)c1)C(C)(C)C. The Bertz CT molecular complexity index is 1090. The van der Waals surface area contributed by atoms with E-state index in [-0.39, 0.29) is 12.3 Å². The molecule has 0 aliphatic carbocycles. The topological polar surface area (TPSA) is 124 Å². The fraction of sp³-hybridized carbons (Fsp3) is 0.333. The van der Waals surface area contributed by atoms with Crippen LogP contribution in [0, 0.1) is 28.6 Å². The zero-order chi connectivity index (χ0) is 23.9. The fourth-order valence-electron chi connectivity index (χ4n) is 2.99. The van der Waals surface area contributed by atoms with Crippen molar-refractivity contribution in [2.75, 3.05) is 7.05 Å². The number of nitrogens with one attached hydrogen (secondary N) is 2. The minimum absolute atomic E-state index is 0.337. The summed E-state index contributed by atoms with van der Waals surface area (Å²) in [6, 6.07) is 8.53. The Morgan fingerprint density at radius 1 is 1.06 bits per heavy atom. The van der Waals surface area contributed by atoms with E-state index in [0.29, 0.717) is 16.7 Å². The van der Waals surface area contributed by atoms with Crippen LogP contribution in [-0.2, 0) is 14.4 Å². The third-order valence-electron chi connectivity index (χ3n) is 4.78. The maximum Gasteiger partial charge on any atom is 0.327 e. The Kier molecular flexibility index (Phi) is 7.81. The number of aromatic nitrogens is 1. The zero-order valence-electron chi connectivity index (χ0n) is 18.5. The number of carbonyl (C=O) groups excluding carboxylic acids is 2. The summed E-state index contributed by atoms with van der Waals surface area (Å²) < 4.78 is 1.41. The lowest BCUT2D eigenvalue weighted by Gasteiger charge is -2.30. The largest absolute Gasteiger partial charge is 0.480 e. The number of likely N-dealkylation sites (N-methyl/N-ethyl adjacent to an activating group) is 1. The molecule has 0 aliphatic heterocycles. The maximum atomic E-state index is 12.6. The van der Waals surface area contributed by atoms with Gasteiger partial charge in [-0.25, -0.2) is 4.79 Å². The summed E-state index contributed by atoms with van der Waals surface area (Å²) in [5, 5.41) is 23.7. The van der Waals surface area contributed by atoms with Crippen LogP contribution in [0.5, 0.6) is 0 Å². The van der Waals surface area contributed by atoms with Crippen molar-refractivity contribution >= 4 is 17.8 Å². The molecule has 166 valence electrons. The van der Waals surface area contributed by atoms with Gasteiger partial charge in [0.05, 0.1) is 18.1 Å². The standard InChI is InChI=1S/C24H26N4O4/c1-24(2,3)21(22(30)26-4)27-20(29)13-19(23(31)32)28-12-11-18(15-28)10-7-16-5-8-17(14-25)9-6-16/h5-6,8-9,11-12,15,19,21H,13H2,1-4H3,(H,26,30)(H,27,29)(H,31,32)/t19-,21-/m1/s1. The van der Waals surface area contributed by atoms with Crippen molar-refractivity contribution in [1.82, 2.24) is 15.2 Å². The van der Waals surface area contributed by atoms with E-state index in [4.69, 9.17) is 5.26 Å². The molecule has 0 saturated carbocycles. The number of hydrogen-bond donors (Lipinski definition) is 3. The molecule has 3 N–H and O–H groups in total. The van der Waals surface area contributed by atoms with Gasteiger partial charge in [-0.1, -0.05) is 32.6 Å². The van der Waals surface area contributed by atoms with E-state index in [1.807, 2.05) is 26.8 Å². The highest BCUT2D eigenvalue weighted by Crippen LogP contribution is 2.21. The molecule has 2 rings (SSSR count). The molecule has 0 saturated heterocycles. The monoisotopic (exact) mass is 434 g/mol. The van der Waals surface area contributed by atoms with Gasteiger partial charge in [-0.15, -0.1) is 0 Å². The minimum atomic E-state index is -1.17. The molecule has 1 aromatic carbocycles. The number of aliphatic carboxylic acids is 1. The third kappa shape index (κ3) is 6.48. The number of carboxylic acids is 1. The molecule has 2 amide bonds. The van der Waals surface area contributed by atoms with Gasteiger partial charge in [0.1, 0.15) is 12.1 Å². The first kappa shape index (κ1) is 24.2. The van der Waals surface area contributed by atoms with Crippen molar-refractivity contribution in [3.8, 4) is 17.9 Å². The van der Waals surface area contributed by atoms with Crippen molar-refractivity contribution in [3.63, 3.8) is 0 Å². The number of nitrogens with zero attached hydrogens (tertiary/aromatic N) is 2. The van der Waals surface area contributed by atoms with Crippen LogP contribution in [0.1, 0.15) is 49.9 Å². The fourth-order valence-corrected chi connectivity index (χ4v) is 2.99. The summed E-state index contributed by atoms with van der Waals surface area (Å²) in [5.41, 5.74) is 1.29. The van der Waals surface area contributed by atoms with E-state index in [1.54, 1.807) is 42.7 Å². The number of rotatable bonds is 6. The normalized spacial score (nSPS) is 12.5. The molecule has 8 heteroatoms. The summed E-state index contributed by atoms with van der Waals surface area (Å²) in [4.78, 5) is 36.5. The van der Waals surface area contributed by atoms with Gasteiger partial charge in [0.15, 0.2) is 0 Å². The van der Waals surface area contributed by atoms with E-state index in [1.165, 1.54) is 11.6 Å². The van der Waals surface area contributed by atoms with Crippen LogP contribution in [0.4, 0.5) is 0 Å². The quantitative estimate of drug-likeness (QED) is 0.600. The lowest BCUT2D eigenvalue weighted by atomic mass is 9.86. The molecule has 0 unspecified atom stereocenters. The Labute approximate surface area is 187 Å². The molecule has 8 nitrogen and oxygen atoms in total. The van der Waals surface area contributed by atoms with Crippen molar-refractivity contribution < 1.29 is 19.5 Å². The molecule has 1 heterocycles. The lowest BCUT2D eigenvalue weighted by Crippen LogP contribution is -2.53. The highest BCUT2D eigenvalue weighted by Gasteiger charge is 2.33. The summed E-state index contributed by atoms with van der Waals surface area (Å²) in [7, 11) is 1.48. The predicted molar refractivity (Wildman–Crippen MR) is 118 cm³/mol. The highest BCUT2D eigenvalue weighted by atomic mass is 16.4. The van der Waals surface area contributed by atoms with Crippen LogP contribution in [-0.4, -0.2) is 40.5 Å². The molecule has 0 fully saturated rings. The number of carbonyl (C=O) groups is 3. The molecule has 0 radical (unpaired) electrons. The van der Waals surface area contributed by atoms with Crippen LogP contribution in [0.2, 0.25) is 0 Å². The van der Waals surface area contributed by atoms with Crippen molar-refractivity contribution in [1.29, 1.82) is 5.26 Å². The molecule has 32 heavy (non-hydrogen) atoms. The first-order valence-electron chi connectivity index (χ1n) is 9.98. The van der Waals surface area contributed by atoms with Gasteiger partial charge in [-0.05, 0) is 35.7 Å². The minimum Gasteiger partial charge on any atom is -0.480 e. The van der Waals surface area contributed by atoms with E-state index >= 15 is 0 Å². The molecule has 2 aromatic rings. The second-order valence-corrected chi connectivity index (χ2v) is 8.33. The second kappa shape index (κ2) is 10.3. The van der Waals surface area contributed by atoms with Gasteiger partial charge < -0.3 is 20.3 Å². The smallest absolute Gasteiger partial charge is 0.327 e. The molecule has 2 atom stereocenters. The predicted octanol–water partition coefficient (Wildman–Crippen LogP) is 2.05. The first-order chi connectivity index (χ1) is 15.0. The van der Waals surface area contributed by atoms with Gasteiger partial charge >= 0.3 is 5.97 Å². The number of benzene rings is 1. The number of amides is 2. The van der Waals surface area contributed by atoms with Crippen LogP contribution in [0.25, 0.3) is 0 Å². The number of nitriles is 1. The summed E-state index contributed by atoms with van der Waals surface area (Å²) in [5.74, 6) is 3.83. The summed E-state index contributed by atoms with van der Waals surface area (Å²) in [6.45, 7) is 5.44. The van der Waals surface area contributed by atoms with E-state index in [2.05, 4.69) is 22.5 Å². The average molecular weight is 434 g/mol. The third-order valence-corrected chi connectivity index (χ3v) is 4.78. The van der Waals surface area contributed by atoms with E-state index in [9.17, 15) is 19.5 Å². The average Bonchev–Trinajstić information content (AvgIpc) is 3.21. The van der Waals surface area contributed by atoms with Gasteiger partial charge in [-0.3, -0.25) is 9.59 Å². The Balaban J connectivity index is 2.15.